The summed E-state index contributed by atoms with van der Waals surface area (Å²) in [6.45, 7) is 1.99. The van der Waals surface area contributed by atoms with Crippen LogP contribution >= 0.6 is 0 Å². The highest BCUT2D eigenvalue weighted by atomic mass is 32.2. The number of aliphatic carboxylic acids is 1. The van der Waals surface area contributed by atoms with Crippen LogP contribution in [0.2, 0.25) is 0 Å². The first kappa shape index (κ1) is 13.0. The Bertz CT molecular complexity index is 525. The topological polar surface area (TPSA) is 103 Å². The van der Waals surface area contributed by atoms with E-state index in [1.54, 1.807) is 6.92 Å². The number of carboxylic acid groups (broad SMARTS) is 1. The molecule has 2 atom stereocenters. The highest BCUT2D eigenvalue weighted by Crippen LogP contribution is 2.28. The van der Waals surface area contributed by atoms with E-state index in [9.17, 15) is 18.3 Å². The average Bonchev–Trinajstić information content (AvgIpc) is 2.82. The molecule has 1 aliphatic rings. The van der Waals surface area contributed by atoms with Crippen LogP contribution in [0.3, 0.4) is 0 Å². The Balaban J connectivity index is 2.39. The summed E-state index contributed by atoms with van der Waals surface area (Å²) in [5.41, 5.74) is 0. The van der Waals surface area contributed by atoms with E-state index in [0.29, 0.717) is 12.8 Å². The fourth-order valence-electron chi connectivity index (χ4n) is 2.30. The van der Waals surface area contributed by atoms with Crippen molar-refractivity contribution in [2.45, 2.75) is 30.7 Å². The molecule has 1 aromatic rings. The summed E-state index contributed by atoms with van der Waals surface area (Å²) in [6, 6.07) is -1.00. The zero-order valence-electron chi connectivity index (χ0n) is 9.91. The number of aromatic amines is 1. The van der Waals surface area contributed by atoms with Crippen LogP contribution in [0.5, 0.6) is 0 Å². The molecule has 1 saturated heterocycles. The third-order valence-corrected chi connectivity index (χ3v) is 5.07. The van der Waals surface area contributed by atoms with Crippen molar-refractivity contribution in [1.29, 1.82) is 0 Å². The Morgan fingerprint density at radius 1 is 1.61 bits per heavy atom. The lowest BCUT2D eigenvalue weighted by atomic mass is 9.93. The highest BCUT2D eigenvalue weighted by molar-refractivity contribution is 7.89. The van der Waals surface area contributed by atoms with Crippen LogP contribution < -0.4 is 0 Å². The molecule has 0 saturated carbocycles. The molecule has 100 valence electrons. The standard InChI is InChI=1S/C10H15N3O4S/c1-7-3-2-4-13(9(7)10(14)15)18(16,17)8-5-11-12-6-8/h5-7,9H,2-4H2,1H3,(H,11,12)(H,14,15). The SMILES string of the molecule is CC1CCCN(S(=O)(=O)c2cn[nH]c2)C1C(=O)O. The number of sulfonamides is 1. The second-order valence-electron chi connectivity index (χ2n) is 4.45. The van der Waals surface area contributed by atoms with E-state index in [4.69, 9.17) is 0 Å². The van der Waals surface area contributed by atoms with Crippen LogP contribution in [0.4, 0.5) is 0 Å². The summed E-state index contributed by atoms with van der Waals surface area (Å²) in [6.07, 6.45) is 3.83. The molecule has 2 N–H and O–H groups in total. The first-order chi connectivity index (χ1) is 8.44. The second kappa shape index (κ2) is 4.69. The largest absolute Gasteiger partial charge is 0.480 e. The van der Waals surface area contributed by atoms with Crippen molar-refractivity contribution in [3.05, 3.63) is 12.4 Å². The molecule has 2 rings (SSSR count). The second-order valence-corrected chi connectivity index (χ2v) is 6.34. The first-order valence-corrected chi connectivity index (χ1v) is 7.12. The summed E-state index contributed by atoms with van der Waals surface area (Å²) in [7, 11) is -3.79. The van der Waals surface area contributed by atoms with Gasteiger partial charge in [-0.2, -0.15) is 9.40 Å². The zero-order chi connectivity index (χ0) is 13.3. The van der Waals surface area contributed by atoms with Gasteiger partial charge in [-0.25, -0.2) is 8.42 Å². The van der Waals surface area contributed by atoms with E-state index in [1.165, 1.54) is 12.4 Å². The van der Waals surface area contributed by atoms with E-state index < -0.39 is 22.0 Å². The molecule has 2 heterocycles. The van der Waals surface area contributed by atoms with Crippen molar-refractivity contribution in [3.8, 4) is 0 Å². The molecule has 1 aromatic heterocycles. The monoisotopic (exact) mass is 273 g/mol. The van der Waals surface area contributed by atoms with Crippen molar-refractivity contribution >= 4 is 16.0 Å². The molecule has 1 aliphatic heterocycles. The van der Waals surface area contributed by atoms with Gasteiger partial charge in [0.15, 0.2) is 0 Å². The van der Waals surface area contributed by atoms with Crippen LogP contribution in [-0.4, -0.2) is 46.6 Å². The third kappa shape index (κ3) is 2.13. The van der Waals surface area contributed by atoms with Crippen LogP contribution in [0, 0.1) is 5.92 Å². The molecular weight excluding hydrogens is 258 g/mol. The zero-order valence-corrected chi connectivity index (χ0v) is 10.7. The van der Waals surface area contributed by atoms with Crippen LogP contribution in [0.1, 0.15) is 19.8 Å². The lowest BCUT2D eigenvalue weighted by Crippen LogP contribution is -2.51. The van der Waals surface area contributed by atoms with Gasteiger partial charge >= 0.3 is 5.97 Å². The van der Waals surface area contributed by atoms with Crippen molar-refractivity contribution in [1.82, 2.24) is 14.5 Å². The van der Waals surface area contributed by atoms with E-state index >= 15 is 0 Å². The predicted octanol–water partition coefficient (Wildman–Crippen LogP) is 0.283. The van der Waals surface area contributed by atoms with Crippen molar-refractivity contribution < 1.29 is 18.3 Å². The van der Waals surface area contributed by atoms with Crippen LogP contribution in [0.15, 0.2) is 17.3 Å². The number of aromatic nitrogens is 2. The highest BCUT2D eigenvalue weighted by Gasteiger charge is 2.41. The summed E-state index contributed by atoms with van der Waals surface area (Å²) >= 11 is 0. The number of nitrogens with zero attached hydrogens (tertiary/aromatic N) is 2. The molecule has 18 heavy (non-hydrogen) atoms. The molecule has 7 nitrogen and oxygen atoms in total. The van der Waals surface area contributed by atoms with Crippen molar-refractivity contribution in [2.75, 3.05) is 6.54 Å². The van der Waals surface area contributed by atoms with Gasteiger partial charge in [0.1, 0.15) is 10.9 Å². The molecule has 0 spiro atoms. The van der Waals surface area contributed by atoms with Gasteiger partial charge in [0, 0.05) is 12.7 Å². The maximum Gasteiger partial charge on any atom is 0.322 e. The molecule has 2 unspecified atom stereocenters. The Kier molecular flexibility index (Phi) is 3.40. The first-order valence-electron chi connectivity index (χ1n) is 5.68. The summed E-state index contributed by atoms with van der Waals surface area (Å²) in [5, 5.41) is 15.2. The molecule has 8 heteroatoms. The van der Waals surface area contributed by atoms with Gasteiger partial charge in [0.25, 0.3) is 0 Å². The molecule has 0 aliphatic carbocycles. The molecule has 1 fully saturated rings. The van der Waals surface area contributed by atoms with E-state index in [2.05, 4.69) is 10.2 Å². The van der Waals surface area contributed by atoms with Gasteiger partial charge in [-0.1, -0.05) is 6.92 Å². The number of carboxylic acids is 1. The number of hydrogen-bond acceptors (Lipinski definition) is 4. The van der Waals surface area contributed by atoms with E-state index in [1.807, 2.05) is 0 Å². The molecule has 0 amide bonds. The van der Waals surface area contributed by atoms with Gasteiger partial charge in [0.2, 0.25) is 10.0 Å². The number of piperidine rings is 1. The Morgan fingerprint density at radius 2 is 2.33 bits per heavy atom. The van der Waals surface area contributed by atoms with E-state index in [0.717, 1.165) is 4.31 Å². The summed E-state index contributed by atoms with van der Waals surface area (Å²) in [4.78, 5) is 11.3. The number of carbonyl (C=O) groups is 1. The molecule has 0 radical (unpaired) electrons. The number of nitrogens with one attached hydrogen (secondary N) is 1. The van der Waals surface area contributed by atoms with Crippen LogP contribution in [-0.2, 0) is 14.8 Å². The van der Waals surface area contributed by atoms with Gasteiger partial charge in [-0.3, -0.25) is 9.89 Å². The van der Waals surface area contributed by atoms with Gasteiger partial charge in [-0.05, 0) is 18.8 Å². The average molecular weight is 273 g/mol. The van der Waals surface area contributed by atoms with Crippen molar-refractivity contribution in [3.63, 3.8) is 0 Å². The minimum atomic E-state index is -3.79. The third-order valence-electron chi connectivity index (χ3n) is 3.22. The minimum Gasteiger partial charge on any atom is -0.480 e. The normalized spacial score (nSPS) is 26.1. The van der Waals surface area contributed by atoms with Gasteiger partial charge in [-0.15, -0.1) is 0 Å². The smallest absolute Gasteiger partial charge is 0.322 e. The lowest BCUT2D eigenvalue weighted by Gasteiger charge is -2.35. The Hall–Kier alpha value is -1.41. The van der Waals surface area contributed by atoms with Crippen LogP contribution in [0.25, 0.3) is 0 Å². The quantitative estimate of drug-likeness (QED) is 0.823. The van der Waals surface area contributed by atoms with Gasteiger partial charge < -0.3 is 5.11 Å². The summed E-state index contributed by atoms with van der Waals surface area (Å²) < 4.78 is 25.7. The maximum atomic E-state index is 12.3. The number of rotatable bonds is 3. The fraction of sp³-hybridized carbons (Fsp3) is 0.600. The minimum absolute atomic E-state index is 0.00264. The Morgan fingerprint density at radius 3 is 2.89 bits per heavy atom. The molecule has 0 aromatic carbocycles. The number of H-pyrrole nitrogens is 1. The molecule has 0 bridgehead atoms. The van der Waals surface area contributed by atoms with E-state index in [-0.39, 0.29) is 17.4 Å². The fourth-order valence-corrected chi connectivity index (χ4v) is 3.93. The lowest BCUT2D eigenvalue weighted by molar-refractivity contribution is -0.144. The van der Waals surface area contributed by atoms with Gasteiger partial charge in [0.05, 0.1) is 6.20 Å². The molecular formula is C10H15N3O4S. The maximum absolute atomic E-state index is 12.3. The summed E-state index contributed by atoms with van der Waals surface area (Å²) in [5.74, 6) is -1.30. The number of hydrogen-bond donors (Lipinski definition) is 2. The van der Waals surface area contributed by atoms with Crippen molar-refractivity contribution in [2.24, 2.45) is 5.92 Å². The predicted molar refractivity (Wildman–Crippen MR) is 62.3 cm³/mol. The Labute approximate surface area is 105 Å².